The lowest BCUT2D eigenvalue weighted by Crippen LogP contribution is -2.36. The van der Waals surface area contributed by atoms with Crippen molar-refractivity contribution in [3.8, 4) is 0 Å². The molecule has 7 heteroatoms. The van der Waals surface area contributed by atoms with Crippen LogP contribution in [-0.4, -0.2) is 35.9 Å². The highest BCUT2D eigenvalue weighted by Crippen LogP contribution is 2.33. The van der Waals surface area contributed by atoms with E-state index in [4.69, 9.17) is 16.3 Å². The van der Waals surface area contributed by atoms with Crippen molar-refractivity contribution in [3.63, 3.8) is 0 Å². The molecule has 1 fully saturated rings. The van der Waals surface area contributed by atoms with Crippen LogP contribution in [-0.2, 0) is 17.7 Å². The number of pyridine rings is 2. The molecule has 0 spiro atoms. The van der Waals surface area contributed by atoms with Crippen molar-refractivity contribution in [1.82, 2.24) is 9.55 Å². The Morgan fingerprint density at radius 1 is 1.13 bits per heavy atom. The fourth-order valence-electron chi connectivity index (χ4n) is 4.16. The Labute approximate surface area is 184 Å². The largest absolute Gasteiger partial charge is 0.378 e. The smallest absolute Gasteiger partial charge is 0.251 e. The van der Waals surface area contributed by atoms with Gasteiger partial charge < -0.3 is 14.2 Å². The minimum atomic E-state index is -0.413. The molecule has 31 heavy (non-hydrogen) atoms. The van der Waals surface area contributed by atoms with E-state index in [9.17, 15) is 9.18 Å². The molecule has 1 aliphatic heterocycles. The summed E-state index contributed by atoms with van der Waals surface area (Å²) in [5, 5.41) is 0.316. The molecule has 0 radical (unpaired) electrons. The molecule has 2 aromatic heterocycles. The molecule has 0 unspecified atom stereocenters. The summed E-state index contributed by atoms with van der Waals surface area (Å²) in [6, 6.07) is 10.0. The number of aromatic nitrogens is 2. The van der Waals surface area contributed by atoms with Crippen molar-refractivity contribution in [2.24, 2.45) is 0 Å². The van der Waals surface area contributed by atoms with Gasteiger partial charge in [-0.3, -0.25) is 9.78 Å². The van der Waals surface area contributed by atoms with E-state index >= 15 is 0 Å². The van der Waals surface area contributed by atoms with E-state index in [0.717, 1.165) is 47.6 Å². The Morgan fingerprint density at radius 2 is 1.97 bits per heavy atom. The highest BCUT2D eigenvalue weighted by Gasteiger charge is 2.20. The first-order valence-electron chi connectivity index (χ1n) is 10.2. The van der Waals surface area contributed by atoms with Crippen LogP contribution in [0.25, 0.3) is 5.57 Å². The van der Waals surface area contributed by atoms with Gasteiger partial charge in [0.05, 0.1) is 37.3 Å². The number of morpholine rings is 1. The van der Waals surface area contributed by atoms with E-state index in [1.54, 1.807) is 22.9 Å². The maximum atomic E-state index is 13.6. The maximum Gasteiger partial charge on any atom is 0.251 e. The highest BCUT2D eigenvalue weighted by atomic mass is 35.5. The number of hydrogen-bond donors (Lipinski definition) is 0. The van der Waals surface area contributed by atoms with Crippen molar-refractivity contribution in [2.75, 3.05) is 31.2 Å². The number of benzene rings is 1. The number of rotatable bonds is 4. The summed E-state index contributed by atoms with van der Waals surface area (Å²) in [6.45, 7) is 3.39. The lowest BCUT2D eigenvalue weighted by Gasteiger charge is -2.29. The molecular formula is C24H21ClFN3O2. The summed E-state index contributed by atoms with van der Waals surface area (Å²) in [5.41, 5.74) is 5.54. The molecule has 0 N–H and O–H groups in total. The zero-order valence-corrected chi connectivity index (χ0v) is 17.6. The molecule has 158 valence electrons. The van der Waals surface area contributed by atoms with Crippen LogP contribution >= 0.6 is 11.6 Å². The van der Waals surface area contributed by atoms with Crippen molar-refractivity contribution < 1.29 is 9.13 Å². The molecule has 0 saturated carbocycles. The van der Waals surface area contributed by atoms with E-state index < -0.39 is 5.82 Å². The number of allylic oxidation sites excluding steroid dienone is 1. The summed E-state index contributed by atoms with van der Waals surface area (Å²) < 4.78 is 20.6. The van der Waals surface area contributed by atoms with Gasteiger partial charge in [-0.15, -0.1) is 0 Å². The molecular weight excluding hydrogens is 417 g/mol. The first kappa shape index (κ1) is 20.0. The number of fused-ring (bicyclic) bond motifs is 1. The van der Waals surface area contributed by atoms with Crippen molar-refractivity contribution in [3.05, 3.63) is 98.4 Å². The predicted octanol–water partition coefficient (Wildman–Crippen LogP) is 3.91. The molecule has 0 amide bonds. The van der Waals surface area contributed by atoms with Gasteiger partial charge in [0.15, 0.2) is 0 Å². The average Bonchev–Trinajstić information content (AvgIpc) is 3.18. The van der Waals surface area contributed by atoms with E-state index in [2.05, 4.69) is 22.0 Å². The third-order valence-electron chi connectivity index (χ3n) is 5.70. The molecule has 5 rings (SSSR count). The molecule has 1 aliphatic carbocycles. The number of anilines is 1. The molecule has 1 aromatic carbocycles. The fraction of sp³-hybridized carbons (Fsp3) is 0.250. The molecule has 3 aromatic rings. The topological polar surface area (TPSA) is 47.4 Å². The van der Waals surface area contributed by atoms with Crippen LogP contribution < -0.4 is 10.5 Å². The lowest BCUT2D eigenvalue weighted by molar-refractivity contribution is 0.122. The summed E-state index contributed by atoms with van der Waals surface area (Å²) >= 11 is 5.93. The van der Waals surface area contributed by atoms with Crippen LogP contribution in [0, 0.1) is 5.82 Å². The van der Waals surface area contributed by atoms with Gasteiger partial charge in [-0.1, -0.05) is 17.7 Å². The quantitative estimate of drug-likeness (QED) is 0.621. The predicted molar refractivity (Wildman–Crippen MR) is 119 cm³/mol. The summed E-state index contributed by atoms with van der Waals surface area (Å²) in [4.78, 5) is 19.7. The third kappa shape index (κ3) is 4.13. The van der Waals surface area contributed by atoms with Gasteiger partial charge in [0.2, 0.25) is 0 Å². The lowest BCUT2D eigenvalue weighted by atomic mass is 10.0. The van der Waals surface area contributed by atoms with Crippen molar-refractivity contribution in [2.45, 2.75) is 13.0 Å². The van der Waals surface area contributed by atoms with Crippen molar-refractivity contribution >= 4 is 22.9 Å². The second kappa shape index (κ2) is 8.29. The average molecular weight is 438 g/mol. The molecule has 0 bridgehead atoms. The summed E-state index contributed by atoms with van der Waals surface area (Å²) in [7, 11) is 0. The van der Waals surface area contributed by atoms with Crippen LogP contribution in [0.15, 0.2) is 59.7 Å². The molecule has 0 atom stereocenters. The minimum absolute atomic E-state index is 0.149. The Bertz CT molecular complexity index is 1210. The molecule has 1 saturated heterocycles. The highest BCUT2D eigenvalue weighted by molar-refractivity contribution is 6.30. The van der Waals surface area contributed by atoms with Gasteiger partial charge in [0, 0.05) is 42.4 Å². The van der Waals surface area contributed by atoms with Crippen molar-refractivity contribution in [1.29, 1.82) is 0 Å². The second-order valence-electron chi connectivity index (χ2n) is 7.77. The number of ether oxygens (including phenoxy) is 1. The number of halogens is 2. The second-order valence-corrected chi connectivity index (χ2v) is 8.20. The van der Waals surface area contributed by atoms with Crippen LogP contribution in [0.4, 0.5) is 10.1 Å². The zero-order valence-electron chi connectivity index (χ0n) is 16.9. The minimum Gasteiger partial charge on any atom is -0.378 e. The normalized spacial score (nSPS) is 15.7. The summed E-state index contributed by atoms with van der Waals surface area (Å²) in [5.74, 6) is -0.413. The van der Waals surface area contributed by atoms with Gasteiger partial charge in [-0.25, -0.2) is 4.39 Å². The van der Waals surface area contributed by atoms with Gasteiger partial charge >= 0.3 is 0 Å². The Balaban J connectivity index is 1.42. The van der Waals surface area contributed by atoms with E-state index in [1.165, 1.54) is 12.1 Å². The van der Waals surface area contributed by atoms with Gasteiger partial charge in [-0.2, -0.15) is 0 Å². The first-order valence-corrected chi connectivity index (χ1v) is 10.6. The number of nitrogens with zero attached hydrogens (tertiary/aromatic N) is 3. The summed E-state index contributed by atoms with van der Waals surface area (Å²) in [6.07, 6.45) is 6.53. The zero-order chi connectivity index (χ0) is 21.4. The Kier molecular flexibility index (Phi) is 5.34. The monoisotopic (exact) mass is 437 g/mol. The van der Waals surface area contributed by atoms with E-state index in [-0.39, 0.29) is 12.1 Å². The Morgan fingerprint density at radius 3 is 2.74 bits per heavy atom. The standard InChI is InChI=1S/C24H21ClFN3O2/c25-18-9-16(10-19(26)12-18)15-29-4-3-17(11-24(29)30)21-1-2-23-22(21)13-20(14-27-23)28-5-7-31-8-6-28/h1,3-4,9-14H,2,5-8,15H2. The van der Waals surface area contributed by atoms with Gasteiger partial charge in [0.1, 0.15) is 5.82 Å². The van der Waals surface area contributed by atoms with E-state index in [1.807, 2.05) is 12.3 Å². The van der Waals surface area contributed by atoms with E-state index in [0.29, 0.717) is 23.8 Å². The third-order valence-corrected chi connectivity index (χ3v) is 5.92. The van der Waals surface area contributed by atoms with Gasteiger partial charge in [0.25, 0.3) is 5.56 Å². The SMILES string of the molecule is O=c1cc(C2=CCc3ncc(N4CCOCC4)cc32)ccn1Cc1cc(F)cc(Cl)c1. The Hall–Kier alpha value is -2.96. The van der Waals surface area contributed by atoms with Crippen LogP contribution in [0.1, 0.15) is 22.4 Å². The number of hydrogen-bond acceptors (Lipinski definition) is 4. The van der Waals surface area contributed by atoms with Crippen LogP contribution in [0.5, 0.6) is 0 Å². The molecule has 5 nitrogen and oxygen atoms in total. The van der Waals surface area contributed by atoms with Gasteiger partial charge in [-0.05, 0) is 47.0 Å². The maximum absolute atomic E-state index is 13.6. The van der Waals surface area contributed by atoms with Crippen LogP contribution in [0.3, 0.4) is 0 Å². The van der Waals surface area contributed by atoms with Crippen LogP contribution in [0.2, 0.25) is 5.02 Å². The first-order chi connectivity index (χ1) is 15.1. The fourth-order valence-corrected chi connectivity index (χ4v) is 4.40. The molecule has 2 aliphatic rings. The molecule has 3 heterocycles.